The minimum Gasteiger partial charge on any atom is -0.311 e. The highest BCUT2D eigenvalue weighted by Crippen LogP contribution is 2.22. The number of amides is 3. The van der Waals surface area contributed by atoms with Gasteiger partial charge in [-0.3, -0.25) is 9.59 Å². The molecule has 0 spiro atoms. The number of imide groups is 1. The second-order valence-electron chi connectivity index (χ2n) is 5.90. The van der Waals surface area contributed by atoms with Crippen molar-refractivity contribution in [2.24, 2.45) is 0 Å². The third kappa shape index (κ3) is 3.02. The lowest BCUT2D eigenvalue weighted by Crippen LogP contribution is -2.47. The van der Waals surface area contributed by atoms with Gasteiger partial charge in [-0.25, -0.2) is 4.79 Å². The molecule has 3 saturated heterocycles. The van der Waals surface area contributed by atoms with Crippen LogP contribution in [0.3, 0.4) is 0 Å². The van der Waals surface area contributed by atoms with Crippen LogP contribution in [0.1, 0.15) is 38.5 Å². The zero-order chi connectivity index (χ0) is 14.8. The van der Waals surface area contributed by atoms with Crippen LogP contribution in [0.15, 0.2) is 0 Å². The van der Waals surface area contributed by atoms with Crippen LogP contribution in [0, 0.1) is 0 Å². The Kier molecular flexibility index (Phi) is 4.10. The van der Waals surface area contributed by atoms with Crippen molar-refractivity contribution in [3.05, 3.63) is 0 Å². The van der Waals surface area contributed by atoms with Gasteiger partial charge in [0.25, 0.3) is 11.8 Å². The standard InChI is InChI=1S/C14H21N3O4/c18-12-3-4-13(19)17(12)21-14(20)16-9-5-11(6-10-16)15-7-1-2-8-15/h11H,1-10H2. The van der Waals surface area contributed by atoms with E-state index in [2.05, 4.69) is 4.90 Å². The largest absolute Gasteiger partial charge is 0.434 e. The molecule has 7 heteroatoms. The molecule has 0 saturated carbocycles. The topological polar surface area (TPSA) is 70.2 Å². The lowest BCUT2D eigenvalue weighted by Gasteiger charge is -2.36. The van der Waals surface area contributed by atoms with Gasteiger partial charge in [0.1, 0.15) is 0 Å². The van der Waals surface area contributed by atoms with E-state index in [-0.39, 0.29) is 12.8 Å². The highest BCUT2D eigenvalue weighted by atomic mass is 16.7. The fourth-order valence-corrected chi connectivity index (χ4v) is 3.31. The van der Waals surface area contributed by atoms with Gasteiger partial charge in [-0.05, 0) is 38.8 Å². The minimum atomic E-state index is -0.585. The Morgan fingerprint density at radius 2 is 1.52 bits per heavy atom. The highest BCUT2D eigenvalue weighted by Gasteiger charge is 2.35. The summed E-state index contributed by atoms with van der Waals surface area (Å²) in [6, 6.07) is 0.548. The number of rotatable bonds is 2. The van der Waals surface area contributed by atoms with Gasteiger partial charge in [0.2, 0.25) is 0 Å². The molecule has 0 aromatic rings. The molecule has 0 aliphatic carbocycles. The molecule has 3 rings (SSSR count). The molecular weight excluding hydrogens is 274 g/mol. The van der Waals surface area contributed by atoms with E-state index in [4.69, 9.17) is 4.84 Å². The van der Waals surface area contributed by atoms with Crippen LogP contribution in [0.2, 0.25) is 0 Å². The van der Waals surface area contributed by atoms with Gasteiger partial charge in [-0.1, -0.05) is 0 Å². The Morgan fingerprint density at radius 3 is 2.10 bits per heavy atom. The van der Waals surface area contributed by atoms with E-state index in [0.29, 0.717) is 24.2 Å². The number of hydrogen-bond donors (Lipinski definition) is 0. The molecule has 116 valence electrons. The van der Waals surface area contributed by atoms with Crippen molar-refractivity contribution in [1.82, 2.24) is 14.9 Å². The molecule has 3 fully saturated rings. The van der Waals surface area contributed by atoms with Crippen LogP contribution in [0.4, 0.5) is 4.79 Å². The summed E-state index contributed by atoms with van der Waals surface area (Å²) in [4.78, 5) is 43.9. The van der Waals surface area contributed by atoms with E-state index in [1.54, 1.807) is 4.90 Å². The molecule has 3 aliphatic heterocycles. The number of nitrogens with zero attached hydrogens (tertiary/aromatic N) is 3. The maximum Gasteiger partial charge on any atom is 0.434 e. The Balaban J connectivity index is 1.48. The predicted octanol–water partition coefficient (Wildman–Crippen LogP) is 0.747. The molecule has 0 unspecified atom stereocenters. The first-order valence-corrected chi connectivity index (χ1v) is 7.72. The number of hydroxylamine groups is 2. The van der Waals surface area contributed by atoms with Gasteiger partial charge >= 0.3 is 6.09 Å². The zero-order valence-corrected chi connectivity index (χ0v) is 12.1. The molecule has 7 nitrogen and oxygen atoms in total. The molecule has 3 heterocycles. The maximum atomic E-state index is 12.0. The smallest absolute Gasteiger partial charge is 0.311 e. The molecule has 0 radical (unpaired) electrons. The number of hydrogen-bond acceptors (Lipinski definition) is 5. The van der Waals surface area contributed by atoms with E-state index in [1.807, 2.05) is 0 Å². The van der Waals surface area contributed by atoms with Crippen molar-refractivity contribution in [2.75, 3.05) is 26.2 Å². The molecule has 21 heavy (non-hydrogen) atoms. The van der Waals surface area contributed by atoms with Crippen LogP contribution < -0.4 is 0 Å². The monoisotopic (exact) mass is 295 g/mol. The first kappa shape index (κ1) is 14.3. The summed E-state index contributed by atoms with van der Waals surface area (Å²) in [6.07, 6.45) is 4.06. The number of likely N-dealkylation sites (tertiary alicyclic amines) is 2. The molecule has 3 amide bonds. The first-order chi connectivity index (χ1) is 10.1. The number of carbonyl (C=O) groups is 3. The summed E-state index contributed by atoms with van der Waals surface area (Å²) in [5, 5.41) is 0.620. The third-order valence-corrected chi connectivity index (χ3v) is 4.55. The van der Waals surface area contributed by atoms with Gasteiger partial charge in [0.15, 0.2) is 0 Å². The van der Waals surface area contributed by atoms with Gasteiger partial charge in [0, 0.05) is 32.0 Å². The average molecular weight is 295 g/mol. The van der Waals surface area contributed by atoms with E-state index < -0.39 is 17.9 Å². The minimum absolute atomic E-state index is 0.128. The summed E-state index contributed by atoms with van der Waals surface area (Å²) < 4.78 is 0. The van der Waals surface area contributed by atoms with Gasteiger partial charge in [0.05, 0.1) is 0 Å². The molecule has 0 N–H and O–H groups in total. The van der Waals surface area contributed by atoms with Crippen molar-refractivity contribution < 1.29 is 19.2 Å². The Morgan fingerprint density at radius 1 is 0.952 bits per heavy atom. The number of carbonyl (C=O) groups excluding carboxylic acids is 3. The summed E-state index contributed by atoms with van der Waals surface area (Å²) in [5.74, 6) is -0.861. The van der Waals surface area contributed by atoms with E-state index in [1.165, 1.54) is 12.8 Å². The molecule has 0 aromatic heterocycles. The van der Waals surface area contributed by atoms with E-state index in [0.717, 1.165) is 25.9 Å². The van der Waals surface area contributed by atoms with Crippen LogP contribution >= 0.6 is 0 Å². The van der Waals surface area contributed by atoms with Crippen LogP contribution in [0.5, 0.6) is 0 Å². The molecule has 0 aromatic carbocycles. The van der Waals surface area contributed by atoms with Gasteiger partial charge in [-0.2, -0.15) is 0 Å². The summed E-state index contributed by atoms with van der Waals surface area (Å²) in [7, 11) is 0. The summed E-state index contributed by atoms with van der Waals surface area (Å²) >= 11 is 0. The first-order valence-electron chi connectivity index (χ1n) is 7.72. The second kappa shape index (κ2) is 6.01. The summed E-state index contributed by atoms with van der Waals surface area (Å²) in [5.41, 5.74) is 0. The second-order valence-corrected chi connectivity index (χ2v) is 5.90. The van der Waals surface area contributed by atoms with Crippen molar-refractivity contribution >= 4 is 17.9 Å². The van der Waals surface area contributed by atoms with Crippen LogP contribution in [-0.2, 0) is 14.4 Å². The molecule has 0 bridgehead atoms. The Labute approximate surface area is 123 Å². The van der Waals surface area contributed by atoms with Crippen molar-refractivity contribution in [3.8, 4) is 0 Å². The van der Waals surface area contributed by atoms with Crippen molar-refractivity contribution in [2.45, 2.75) is 44.6 Å². The van der Waals surface area contributed by atoms with Gasteiger partial charge < -0.3 is 14.6 Å². The quantitative estimate of drug-likeness (QED) is 0.703. The Hall–Kier alpha value is -1.63. The van der Waals surface area contributed by atoms with E-state index >= 15 is 0 Å². The maximum absolute atomic E-state index is 12.0. The third-order valence-electron chi connectivity index (χ3n) is 4.55. The Bertz CT molecular complexity index is 424. The molecule has 3 aliphatic rings. The van der Waals surface area contributed by atoms with Crippen molar-refractivity contribution in [3.63, 3.8) is 0 Å². The lowest BCUT2D eigenvalue weighted by atomic mass is 10.0. The predicted molar refractivity (Wildman–Crippen MR) is 73.0 cm³/mol. The van der Waals surface area contributed by atoms with Crippen LogP contribution in [0.25, 0.3) is 0 Å². The zero-order valence-electron chi connectivity index (χ0n) is 12.1. The molecule has 0 atom stereocenters. The van der Waals surface area contributed by atoms with Crippen molar-refractivity contribution in [1.29, 1.82) is 0 Å². The van der Waals surface area contributed by atoms with Crippen LogP contribution in [-0.4, -0.2) is 65.0 Å². The fourth-order valence-electron chi connectivity index (χ4n) is 3.31. The summed E-state index contributed by atoms with van der Waals surface area (Å²) in [6.45, 7) is 3.56. The SMILES string of the molecule is O=C(ON1C(=O)CCC1=O)N1CCC(N2CCCC2)CC1. The number of piperidine rings is 1. The average Bonchev–Trinajstić information content (AvgIpc) is 3.13. The molecular formula is C14H21N3O4. The fraction of sp³-hybridized carbons (Fsp3) is 0.786. The van der Waals surface area contributed by atoms with Gasteiger partial charge in [-0.15, -0.1) is 5.06 Å². The highest BCUT2D eigenvalue weighted by molar-refractivity contribution is 6.01. The lowest BCUT2D eigenvalue weighted by molar-refractivity contribution is -0.174. The normalized spacial score (nSPS) is 25.0. The van der Waals surface area contributed by atoms with E-state index in [9.17, 15) is 14.4 Å².